The molecule has 1 aliphatic rings. The fraction of sp³-hybridized carbons (Fsp3) is 0.353. The fourth-order valence-corrected chi connectivity index (χ4v) is 3.21. The molecular formula is C17H19NO. The number of nitrogens with one attached hydrogen (secondary N) is 1. The maximum Gasteiger partial charge on any atom is 0.226 e. The van der Waals surface area contributed by atoms with Crippen LogP contribution in [0.2, 0.25) is 0 Å². The van der Waals surface area contributed by atoms with Gasteiger partial charge in [-0.1, -0.05) is 42.8 Å². The van der Waals surface area contributed by atoms with Crippen LogP contribution in [0.5, 0.6) is 0 Å². The van der Waals surface area contributed by atoms with E-state index in [1.807, 2.05) is 0 Å². The number of hydrogen-bond donors (Lipinski definition) is 1. The van der Waals surface area contributed by atoms with Crippen molar-refractivity contribution < 1.29 is 4.79 Å². The molecule has 1 N–H and O–H groups in total. The van der Waals surface area contributed by atoms with Crippen molar-refractivity contribution in [1.29, 1.82) is 0 Å². The molecule has 1 aliphatic carbocycles. The fourth-order valence-electron chi connectivity index (χ4n) is 3.21. The topological polar surface area (TPSA) is 29.1 Å². The molecule has 0 heterocycles. The van der Waals surface area contributed by atoms with Crippen molar-refractivity contribution in [2.24, 2.45) is 5.41 Å². The highest BCUT2D eigenvalue weighted by atomic mass is 16.2. The van der Waals surface area contributed by atoms with Gasteiger partial charge in [-0.2, -0.15) is 0 Å². The smallest absolute Gasteiger partial charge is 0.226 e. The Bertz CT molecular complexity index is 674. The molecular weight excluding hydrogens is 234 g/mol. The van der Waals surface area contributed by atoms with E-state index in [9.17, 15) is 4.79 Å². The van der Waals surface area contributed by atoms with Crippen molar-refractivity contribution in [3.8, 4) is 0 Å². The number of hydrogen-bond acceptors (Lipinski definition) is 1. The summed E-state index contributed by atoms with van der Waals surface area (Å²) >= 11 is 0. The molecule has 2 aromatic carbocycles. The van der Waals surface area contributed by atoms with Gasteiger partial charge in [-0.3, -0.25) is 4.79 Å². The van der Waals surface area contributed by atoms with Crippen LogP contribution in [0.25, 0.3) is 10.8 Å². The molecule has 0 aromatic heterocycles. The van der Waals surface area contributed by atoms with E-state index < -0.39 is 0 Å². The lowest BCUT2D eigenvalue weighted by atomic mass is 9.86. The number of fused-ring (bicyclic) bond motifs is 2. The standard InChI is InChI=1S/C17H19NO/c1-11-4-5-12-7-14-9-17(2,16(19)18-3)10-15(14)8-13(12)6-11/h4-8H,9-10H2,1-3H3,(H,18,19). The molecule has 0 saturated carbocycles. The summed E-state index contributed by atoms with van der Waals surface area (Å²) in [7, 11) is 1.72. The molecule has 0 aliphatic heterocycles. The van der Waals surface area contributed by atoms with Crippen LogP contribution in [0.3, 0.4) is 0 Å². The van der Waals surface area contributed by atoms with E-state index in [4.69, 9.17) is 0 Å². The molecule has 0 bridgehead atoms. The van der Waals surface area contributed by atoms with Gasteiger partial charge in [0.2, 0.25) is 5.91 Å². The van der Waals surface area contributed by atoms with Crippen molar-refractivity contribution in [3.05, 3.63) is 47.0 Å². The first kappa shape index (κ1) is 12.2. The van der Waals surface area contributed by atoms with Gasteiger partial charge in [0, 0.05) is 7.05 Å². The van der Waals surface area contributed by atoms with Crippen molar-refractivity contribution >= 4 is 16.7 Å². The second kappa shape index (κ2) is 4.09. The summed E-state index contributed by atoms with van der Waals surface area (Å²) in [5.74, 6) is 0.143. The molecule has 1 amide bonds. The van der Waals surface area contributed by atoms with Gasteiger partial charge in [-0.05, 0) is 41.7 Å². The summed E-state index contributed by atoms with van der Waals surface area (Å²) in [4.78, 5) is 12.0. The van der Waals surface area contributed by atoms with Crippen LogP contribution < -0.4 is 5.32 Å². The zero-order valence-corrected chi connectivity index (χ0v) is 11.7. The predicted molar refractivity (Wildman–Crippen MR) is 78.3 cm³/mol. The molecule has 2 aromatic rings. The van der Waals surface area contributed by atoms with Crippen molar-refractivity contribution in [3.63, 3.8) is 0 Å². The second-order valence-corrected chi connectivity index (χ2v) is 5.96. The average molecular weight is 253 g/mol. The van der Waals surface area contributed by atoms with Crippen LogP contribution in [0.15, 0.2) is 30.3 Å². The molecule has 1 atom stereocenters. The number of carbonyl (C=O) groups excluding carboxylic acids is 1. The molecule has 1 unspecified atom stereocenters. The number of aryl methyl sites for hydroxylation is 1. The van der Waals surface area contributed by atoms with Gasteiger partial charge >= 0.3 is 0 Å². The Balaban J connectivity index is 2.08. The SMILES string of the molecule is CNC(=O)C1(C)Cc2cc3ccc(C)cc3cc2C1. The minimum absolute atomic E-state index is 0.143. The molecule has 0 fully saturated rings. The lowest BCUT2D eigenvalue weighted by Gasteiger charge is -2.20. The predicted octanol–water partition coefficient (Wildman–Crippen LogP) is 3.00. The van der Waals surface area contributed by atoms with E-state index in [0.29, 0.717) is 0 Å². The minimum atomic E-state index is -0.288. The Labute approximate surface area is 113 Å². The van der Waals surface area contributed by atoms with E-state index in [1.54, 1.807) is 7.05 Å². The van der Waals surface area contributed by atoms with E-state index in [0.717, 1.165) is 12.8 Å². The Kier molecular flexibility index (Phi) is 2.63. The second-order valence-electron chi connectivity index (χ2n) is 5.96. The summed E-state index contributed by atoms with van der Waals surface area (Å²) in [5.41, 5.74) is 3.63. The summed E-state index contributed by atoms with van der Waals surface area (Å²) in [6, 6.07) is 11.0. The van der Waals surface area contributed by atoms with Gasteiger partial charge in [0.25, 0.3) is 0 Å². The third-order valence-corrected chi connectivity index (χ3v) is 4.25. The largest absolute Gasteiger partial charge is 0.359 e. The van der Waals surface area contributed by atoms with E-state index in [1.165, 1.54) is 27.5 Å². The number of rotatable bonds is 1. The summed E-state index contributed by atoms with van der Waals surface area (Å²) in [6.45, 7) is 4.17. The Morgan fingerprint density at radius 1 is 1.11 bits per heavy atom. The molecule has 19 heavy (non-hydrogen) atoms. The summed E-state index contributed by atoms with van der Waals surface area (Å²) in [5, 5.41) is 5.34. The Hall–Kier alpha value is -1.83. The third kappa shape index (κ3) is 1.92. The first-order valence-corrected chi connectivity index (χ1v) is 6.76. The van der Waals surface area contributed by atoms with E-state index >= 15 is 0 Å². The van der Waals surface area contributed by atoms with Gasteiger partial charge in [0.05, 0.1) is 5.41 Å². The van der Waals surface area contributed by atoms with Gasteiger partial charge in [0.1, 0.15) is 0 Å². The highest BCUT2D eigenvalue weighted by Crippen LogP contribution is 2.38. The van der Waals surface area contributed by atoms with E-state index in [-0.39, 0.29) is 11.3 Å². The lowest BCUT2D eigenvalue weighted by Crippen LogP contribution is -2.37. The van der Waals surface area contributed by atoms with Crippen LogP contribution >= 0.6 is 0 Å². The molecule has 0 spiro atoms. The van der Waals surface area contributed by atoms with Gasteiger partial charge < -0.3 is 5.32 Å². The Morgan fingerprint density at radius 2 is 1.74 bits per heavy atom. The van der Waals surface area contributed by atoms with Crippen LogP contribution in [0, 0.1) is 12.3 Å². The number of amides is 1. The monoisotopic (exact) mass is 253 g/mol. The summed E-state index contributed by atoms with van der Waals surface area (Å²) < 4.78 is 0. The van der Waals surface area contributed by atoms with Gasteiger partial charge in [0.15, 0.2) is 0 Å². The first-order valence-electron chi connectivity index (χ1n) is 6.76. The quantitative estimate of drug-likeness (QED) is 0.831. The third-order valence-electron chi connectivity index (χ3n) is 4.25. The average Bonchev–Trinajstić information content (AvgIpc) is 2.71. The van der Waals surface area contributed by atoms with Crippen molar-refractivity contribution in [1.82, 2.24) is 5.32 Å². The first-order chi connectivity index (χ1) is 9.01. The minimum Gasteiger partial charge on any atom is -0.359 e. The van der Waals surface area contributed by atoms with Gasteiger partial charge in [-0.15, -0.1) is 0 Å². The van der Waals surface area contributed by atoms with Crippen LogP contribution in [0.1, 0.15) is 23.6 Å². The van der Waals surface area contributed by atoms with Crippen LogP contribution in [0.4, 0.5) is 0 Å². The Morgan fingerprint density at radius 3 is 2.37 bits per heavy atom. The molecule has 2 nitrogen and oxygen atoms in total. The molecule has 0 saturated heterocycles. The summed E-state index contributed by atoms with van der Waals surface area (Å²) in [6.07, 6.45) is 1.68. The molecule has 2 heteroatoms. The number of carbonyl (C=O) groups is 1. The van der Waals surface area contributed by atoms with Crippen LogP contribution in [-0.2, 0) is 17.6 Å². The molecule has 0 radical (unpaired) electrons. The van der Waals surface area contributed by atoms with Crippen LogP contribution in [-0.4, -0.2) is 13.0 Å². The lowest BCUT2D eigenvalue weighted by molar-refractivity contribution is -0.129. The maximum atomic E-state index is 12.0. The maximum absolute atomic E-state index is 12.0. The number of benzene rings is 2. The highest BCUT2D eigenvalue weighted by Gasteiger charge is 2.38. The zero-order valence-electron chi connectivity index (χ0n) is 11.7. The van der Waals surface area contributed by atoms with Gasteiger partial charge in [-0.25, -0.2) is 0 Å². The zero-order chi connectivity index (χ0) is 13.6. The molecule has 98 valence electrons. The van der Waals surface area contributed by atoms with Crippen molar-refractivity contribution in [2.75, 3.05) is 7.05 Å². The molecule has 3 rings (SSSR count). The normalized spacial score (nSPS) is 21.4. The highest BCUT2D eigenvalue weighted by molar-refractivity contribution is 5.88. The van der Waals surface area contributed by atoms with Crippen molar-refractivity contribution in [2.45, 2.75) is 26.7 Å². The van der Waals surface area contributed by atoms with E-state index in [2.05, 4.69) is 49.5 Å².